The fourth-order valence-electron chi connectivity index (χ4n) is 3.71. The second-order valence-corrected chi connectivity index (χ2v) is 7.46. The molecule has 4 rings (SSSR count). The van der Waals surface area contributed by atoms with Crippen LogP contribution < -0.4 is 22.3 Å². The van der Waals surface area contributed by atoms with E-state index < -0.39 is 11.9 Å². The number of allylic oxidation sites excluding steroid dienone is 3. The van der Waals surface area contributed by atoms with Gasteiger partial charge in [0, 0.05) is 46.7 Å². The number of hydrogen-bond donors (Lipinski definition) is 4. The molecule has 1 aliphatic heterocycles. The maximum Gasteiger partial charge on any atom is 0.430 e. The van der Waals surface area contributed by atoms with Crippen molar-refractivity contribution in [2.75, 3.05) is 6.54 Å². The molecule has 0 bridgehead atoms. The molecule has 0 saturated carbocycles. The Morgan fingerprint density at radius 3 is 2.68 bits per heavy atom. The zero-order valence-corrected chi connectivity index (χ0v) is 16.6. The number of rotatable bonds is 3. The van der Waals surface area contributed by atoms with Gasteiger partial charge in [-0.05, 0) is 55.3 Å². The van der Waals surface area contributed by atoms with Crippen molar-refractivity contribution in [3.63, 3.8) is 0 Å². The third kappa shape index (κ3) is 4.22. The number of aromatic nitrogens is 2. The number of nitrogens with zero attached hydrogens (tertiary/aromatic N) is 1. The van der Waals surface area contributed by atoms with Crippen molar-refractivity contribution in [2.24, 2.45) is 11.5 Å². The predicted molar refractivity (Wildman–Crippen MR) is 114 cm³/mol. The lowest BCUT2D eigenvalue weighted by molar-refractivity contribution is -0.0926. The highest BCUT2D eigenvalue weighted by Gasteiger charge is 2.30. The molecule has 0 saturated heterocycles. The quantitative estimate of drug-likeness (QED) is 0.481. The van der Waals surface area contributed by atoms with Gasteiger partial charge in [-0.15, -0.1) is 0 Å². The molecule has 3 heterocycles. The highest BCUT2D eigenvalue weighted by molar-refractivity contribution is 5.86. The number of nitrogens with two attached hydrogens (primary N) is 2. The minimum absolute atomic E-state index is 0.00695. The van der Waals surface area contributed by atoms with Crippen molar-refractivity contribution in [3.8, 4) is 5.69 Å². The molecule has 1 aliphatic rings. The van der Waals surface area contributed by atoms with Crippen LogP contribution in [0.15, 0.2) is 59.2 Å². The summed E-state index contributed by atoms with van der Waals surface area (Å²) in [6.45, 7) is 1.79. The molecular weight excluding hydrogens is 407 g/mol. The van der Waals surface area contributed by atoms with Crippen molar-refractivity contribution in [1.82, 2.24) is 14.9 Å². The fourth-order valence-corrected chi connectivity index (χ4v) is 3.71. The molecule has 0 aliphatic carbocycles. The Hall–Kier alpha value is -3.46. The van der Waals surface area contributed by atoms with Crippen molar-refractivity contribution >= 4 is 16.6 Å². The molecule has 0 fully saturated rings. The molecule has 6 nitrogen and oxygen atoms in total. The minimum atomic E-state index is -4.63. The van der Waals surface area contributed by atoms with Crippen LogP contribution in [0.25, 0.3) is 22.3 Å². The first-order chi connectivity index (χ1) is 14.7. The van der Waals surface area contributed by atoms with Crippen molar-refractivity contribution in [1.29, 1.82) is 0 Å². The Bertz CT molecular complexity index is 1250. The van der Waals surface area contributed by atoms with Crippen LogP contribution in [0.4, 0.5) is 13.2 Å². The summed E-state index contributed by atoms with van der Waals surface area (Å²) >= 11 is 0. The van der Waals surface area contributed by atoms with Crippen LogP contribution in [-0.2, 0) is 13.0 Å². The van der Waals surface area contributed by atoms with Crippen molar-refractivity contribution in [3.05, 3.63) is 81.6 Å². The highest BCUT2D eigenvalue weighted by Crippen LogP contribution is 2.27. The fraction of sp³-hybridized carbons (Fsp3) is 0.227. The van der Waals surface area contributed by atoms with Gasteiger partial charge in [0.15, 0.2) is 0 Å². The van der Waals surface area contributed by atoms with E-state index in [4.69, 9.17) is 11.5 Å². The molecule has 0 amide bonds. The Balaban J connectivity index is 1.65. The highest BCUT2D eigenvalue weighted by atomic mass is 19.4. The third-order valence-electron chi connectivity index (χ3n) is 5.36. The Morgan fingerprint density at radius 2 is 1.94 bits per heavy atom. The molecular formula is C22H22F3N5O. The van der Waals surface area contributed by atoms with Gasteiger partial charge < -0.3 is 21.8 Å². The standard InChI is InChI=1S/C22H22F3N5O/c23-22(24,25)20(27)6-5-17(26)13-7-9-30(21(31)10-13)14-3-4-15-16-12-28-8-1-2-18(16)29-19(15)11-14/h3-7,9-11,28-29H,1-2,8,12,26-27H2/b17-5-,20-6-. The summed E-state index contributed by atoms with van der Waals surface area (Å²) in [5.74, 6) is 0. The van der Waals surface area contributed by atoms with Gasteiger partial charge >= 0.3 is 6.18 Å². The summed E-state index contributed by atoms with van der Waals surface area (Å²) in [7, 11) is 0. The van der Waals surface area contributed by atoms with E-state index in [0.717, 1.165) is 42.9 Å². The van der Waals surface area contributed by atoms with Crippen molar-refractivity contribution in [2.45, 2.75) is 25.6 Å². The van der Waals surface area contributed by atoms with E-state index in [1.807, 2.05) is 18.2 Å². The first-order valence-electron chi connectivity index (χ1n) is 9.82. The topological polar surface area (TPSA) is 102 Å². The van der Waals surface area contributed by atoms with Crippen LogP contribution in [0.3, 0.4) is 0 Å². The van der Waals surface area contributed by atoms with Crippen LogP contribution in [0.1, 0.15) is 23.2 Å². The molecule has 31 heavy (non-hydrogen) atoms. The number of hydrogen-bond acceptors (Lipinski definition) is 4. The first-order valence-corrected chi connectivity index (χ1v) is 9.82. The molecule has 0 unspecified atom stereocenters. The number of alkyl halides is 3. The summed E-state index contributed by atoms with van der Waals surface area (Å²) in [5.41, 5.74) is 13.6. The van der Waals surface area contributed by atoms with E-state index >= 15 is 0 Å². The van der Waals surface area contributed by atoms with Gasteiger partial charge in [0.25, 0.3) is 5.56 Å². The summed E-state index contributed by atoms with van der Waals surface area (Å²) < 4.78 is 38.9. The van der Waals surface area contributed by atoms with Crippen LogP contribution in [0.2, 0.25) is 0 Å². The van der Waals surface area contributed by atoms with E-state index in [9.17, 15) is 18.0 Å². The van der Waals surface area contributed by atoms with E-state index in [0.29, 0.717) is 17.3 Å². The molecule has 3 aromatic rings. The molecule has 1 aromatic carbocycles. The number of fused-ring (bicyclic) bond motifs is 3. The second-order valence-electron chi connectivity index (χ2n) is 7.46. The number of benzene rings is 1. The van der Waals surface area contributed by atoms with Crippen LogP contribution >= 0.6 is 0 Å². The molecule has 6 N–H and O–H groups in total. The number of aromatic amines is 1. The first kappa shape index (κ1) is 20.8. The molecule has 0 radical (unpaired) electrons. The monoisotopic (exact) mass is 429 g/mol. The summed E-state index contributed by atoms with van der Waals surface area (Å²) in [4.78, 5) is 16.1. The van der Waals surface area contributed by atoms with Gasteiger partial charge in [0.2, 0.25) is 0 Å². The number of aryl methyl sites for hydroxylation is 1. The molecule has 0 atom stereocenters. The molecule has 9 heteroatoms. The number of H-pyrrole nitrogens is 1. The van der Waals surface area contributed by atoms with Crippen molar-refractivity contribution < 1.29 is 13.2 Å². The normalized spacial score (nSPS) is 15.7. The van der Waals surface area contributed by atoms with E-state index in [-0.39, 0.29) is 11.3 Å². The number of halogens is 3. The maximum absolute atomic E-state index is 12.7. The molecule has 162 valence electrons. The lowest BCUT2D eigenvalue weighted by atomic mass is 10.1. The number of nitrogens with one attached hydrogen (secondary N) is 2. The lowest BCUT2D eigenvalue weighted by Crippen LogP contribution is -2.19. The van der Waals surface area contributed by atoms with E-state index in [2.05, 4.69) is 10.3 Å². The van der Waals surface area contributed by atoms with Gasteiger partial charge in [-0.2, -0.15) is 13.2 Å². The largest absolute Gasteiger partial charge is 0.430 e. The van der Waals surface area contributed by atoms with Gasteiger partial charge in [-0.3, -0.25) is 9.36 Å². The average molecular weight is 429 g/mol. The minimum Gasteiger partial charge on any atom is -0.398 e. The van der Waals surface area contributed by atoms with Crippen LogP contribution in [0.5, 0.6) is 0 Å². The van der Waals surface area contributed by atoms with Crippen LogP contribution in [0, 0.1) is 0 Å². The number of pyridine rings is 1. The maximum atomic E-state index is 12.7. The van der Waals surface area contributed by atoms with Gasteiger partial charge in [0.1, 0.15) is 5.70 Å². The second kappa shape index (κ2) is 7.99. The van der Waals surface area contributed by atoms with E-state index in [1.54, 1.807) is 12.3 Å². The van der Waals surface area contributed by atoms with E-state index in [1.165, 1.54) is 21.9 Å². The Morgan fingerprint density at radius 1 is 1.13 bits per heavy atom. The summed E-state index contributed by atoms with van der Waals surface area (Å²) in [5, 5.41) is 4.54. The molecule has 2 aromatic heterocycles. The zero-order chi connectivity index (χ0) is 22.2. The Labute approximate surface area is 176 Å². The lowest BCUT2D eigenvalue weighted by Gasteiger charge is -2.09. The third-order valence-corrected chi connectivity index (χ3v) is 5.36. The SMILES string of the molecule is N/C(=C\C=C(/N)C(F)(F)F)c1ccn(-c2ccc3c4c([nH]c3c2)CCCNC4)c(=O)c1. The van der Waals surface area contributed by atoms with Gasteiger partial charge in [0.05, 0.1) is 5.69 Å². The van der Waals surface area contributed by atoms with Gasteiger partial charge in [-0.1, -0.05) is 6.07 Å². The average Bonchev–Trinajstić information content (AvgIpc) is 2.90. The van der Waals surface area contributed by atoms with Gasteiger partial charge in [-0.25, -0.2) is 0 Å². The summed E-state index contributed by atoms with van der Waals surface area (Å²) in [6.07, 6.45) is 0.663. The Kier molecular flexibility index (Phi) is 5.36. The predicted octanol–water partition coefficient (Wildman–Crippen LogP) is 3.06. The van der Waals surface area contributed by atoms with Crippen LogP contribution in [-0.4, -0.2) is 22.3 Å². The smallest absolute Gasteiger partial charge is 0.398 e. The zero-order valence-electron chi connectivity index (χ0n) is 16.6. The summed E-state index contributed by atoms with van der Waals surface area (Å²) in [6, 6.07) is 8.63. The molecule has 0 spiro atoms.